The van der Waals surface area contributed by atoms with Gasteiger partial charge in [0.25, 0.3) is 0 Å². The second-order valence-electron chi connectivity index (χ2n) is 2.46. The maximum Gasteiger partial charge on any atom is 0.406 e. The minimum absolute atomic E-state index is 0.292. The van der Waals surface area contributed by atoms with E-state index in [1.54, 1.807) is 6.07 Å². The highest BCUT2D eigenvalue weighted by Crippen LogP contribution is 2.22. The van der Waals surface area contributed by atoms with Crippen molar-refractivity contribution in [3.05, 3.63) is 35.9 Å². The predicted molar refractivity (Wildman–Crippen MR) is 46.5 cm³/mol. The summed E-state index contributed by atoms with van der Waals surface area (Å²) in [6.45, 7) is 0. The summed E-state index contributed by atoms with van der Waals surface area (Å²) >= 11 is -3.49. The standard InChI is InChI=1S/C8H6F2O3S/c9-8(10,14(12)13)7(11)6-4-2-1-3-5-6/h1-5H,(H,12,13). The summed E-state index contributed by atoms with van der Waals surface area (Å²) in [7, 11) is 0. The fraction of sp³-hybridized carbons (Fsp3) is 0.125. The van der Waals surface area contributed by atoms with Crippen LogP contribution in [-0.4, -0.2) is 19.8 Å². The molecular formula is C8H6F2O3S. The SMILES string of the molecule is O=C(c1ccccc1)C(F)(F)S(=O)O. The van der Waals surface area contributed by atoms with E-state index >= 15 is 0 Å². The lowest BCUT2D eigenvalue weighted by molar-refractivity contribution is 0.0521. The Balaban J connectivity index is 3.03. The van der Waals surface area contributed by atoms with Gasteiger partial charge < -0.3 is 4.55 Å². The summed E-state index contributed by atoms with van der Waals surface area (Å²) < 4.78 is 43.8. The summed E-state index contributed by atoms with van der Waals surface area (Å²) in [6, 6.07) is 6.64. The quantitative estimate of drug-likeness (QED) is 0.622. The van der Waals surface area contributed by atoms with Gasteiger partial charge in [0.1, 0.15) is 0 Å². The summed E-state index contributed by atoms with van der Waals surface area (Å²) in [6.07, 6.45) is 0. The maximum atomic E-state index is 12.7. The van der Waals surface area contributed by atoms with Crippen LogP contribution >= 0.6 is 0 Å². The second kappa shape index (κ2) is 3.93. The molecule has 0 heterocycles. The van der Waals surface area contributed by atoms with E-state index in [4.69, 9.17) is 4.55 Å². The molecule has 1 rings (SSSR count). The Kier molecular flexibility index (Phi) is 3.07. The molecule has 0 aliphatic heterocycles. The monoisotopic (exact) mass is 220 g/mol. The second-order valence-corrected chi connectivity index (χ2v) is 3.47. The number of ketones is 1. The van der Waals surface area contributed by atoms with Gasteiger partial charge in [-0.1, -0.05) is 30.3 Å². The average Bonchev–Trinajstić information content (AvgIpc) is 2.17. The van der Waals surface area contributed by atoms with E-state index in [0.717, 1.165) is 12.1 Å². The summed E-state index contributed by atoms with van der Waals surface area (Å²) in [4.78, 5) is 11.0. The van der Waals surface area contributed by atoms with Gasteiger partial charge in [0.15, 0.2) is 0 Å². The molecule has 0 bridgehead atoms. The van der Waals surface area contributed by atoms with E-state index < -0.39 is 22.1 Å². The predicted octanol–water partition coefficient (Wildman–Crippen LogP) is 1.68. The molecule has 1 aromatic rings. The molecule has 0 spiro atoms. The molecule has 1 aromatic carbocycles. The average molecular weight is 220 g/mol. The van der Waals surface area contributed by atoms with Crippen LogP contribution in [-0.2, 0) is 11.1 Å². The zero-order valence-corrected chi connectivity index (χ0v) is 7.63. The van der Waals surface area contributed by atoms with Gasteiger partial charge in [0.2, 0.25) is 16.9 Å². The molecule has 0 radical (unpaired) electrons. The van der Waals surface area contributed by atoms with Crippen LogP contribution in [0.2, 0.25) is 0 Å². The molecule has 0 aromatic heterocycles. The molecule has 0 aliphatic rings. The van der Waals surface area contributed by atoms with Crippen LogP contribution in [0.1, 0.15) is 10.4 Å². The van der Waals surface area contributed by atoms with Crippen molar-refractivity contribution in [3.63, 3.8) is 0 Å². The number of carbonyl (C=O) groups is 1. The van der Waals surface area contributed by atoms with Crippen molar-refractivity contribution >= 4 is 16.9 Å². The van der Waals surface area contributed by atoms with Crippen molar-refractivity contribution in [2.24, 2.45) is 0 Å². The normalized spacial score (nSPS) is 13.6. The zero-order chi connectivity index (χ0) is 10.8. The molecule has 1 unspecified atom stereocenters. The lowest BCUT2D eigenvalue weighted by Crippen LogP contribution is -2.33. The highest BCUT2D eigenvalue weighted by molar-refractivity contribution is 7.81. The minimum atomic E-state index is -4.25. The van der Waals surface area contributed by atoms with Gasteiger partial charge in [0, 0.05) is 5.56 Å². The topological polar surface area (TPSA) is 54.4 Å². The molecule has 3 nitrogen and oxygen atoms in total. The van der Waals surface area contributed by atoms with Crippen molar-refractivity contribution in [1.82, 2.24) is 0 Å². The number of Topliss-reactive ketones (excluding diaryl/α,β-unsaturated/α-hetero) is 1. The van der Waals surface area contributed by atoms with Crippen molar-refractivity contribution in [2.45, 2.75) is 5.25 Å². The van der Waals surface area contributed by atoms with Gasteiger partial charge in [-0.15, -0.1) is 0 Å². The van der Waals surface area contributed by atoms with E-state index in [1.165, 1.54) is 12.1 Å². The minimum Gasteiger partial charge on any atom is -0.301 e. The molecule has 0 aliphatic carbocycles. The summed E-state index contributed by atoms with van der Waals surface area (Å²) in [5.41, 5.74) is -0.292. The number of hydrogen-bond acceptors (Lipinski definition) is 2. The first-order valence-corrected chi connectivity index (χ1v) is 4.65. The highest BCUT2D eigenvalue weighted by atomic mass is 32.2. The maximum absolute atomic E-state index is 12.7. The Morgan fingerprint density at radius 3 is 2.21 bits per heavy atom. The van der Waals surface area contributed by atoms with Gasteiger partial charge in [-0.2, -0.15) is 8.78 Å². The number of benzene rings is 1. The number of rotatable bonds is 3. The van der Waals surface area contributed by atoms with Gasteiger partial charge in [0.05, 0.1) is 0 Å². The van der Waals surface area contributed by atoms with E-state index in [0.29, 0.717) is 0 Å². The first-order chi connectivity index (χ1) is 6.46. The number of halogens is 2. The first-order valence-electron chi connectivity index (χ1n) is 3.55. The summed E-state index contributed by atoms with van der Waals surface area (Å²) in [5.74, 6) is -1.65. The van der Waals surface area contributed by atoms with Crippen LogP contribution in [0.3, 0.4) is 0 Å². The largest absolute Gasteiger partial charge is 0.406 e. The number of carbonyl (C=O) groups excluding carboxylic acids is 1. The van der Waals surface area contributed by atoms with E-state index in [-0.39, 0.29) is 5.56 Å². The third-order valence-corrected chi connectivity index (χ3v) is 2.14. The molecule has 6 heteroatoms. The molecule has 1 atom stereocenters. The van der Waals surface area contributed by atoms with Crippen LogP contribution in [0.5, 0.6) is 0 Å². The van der Waals surface area contributed by atoms with Crippen molar-refractivity contribution in [2.75, 3.05) is 0 Å². The van der Waals surface area contributed by atoms with Crippen LogP contribution in [0.15, 0.2) is 30.3 Å². The Morgan fingerprint density at radius 1 is 1.29 bits per heavy atom. The van der Waals surface area contributed by atoms with Crippen molar-refractivity contribution < 1.29 is 22.3 Å². The van der Waals surface area contributed by atoms with Crippen LogP contribution in [0.4, 0.5) is 8.78 Å². The lowest BCUT2D eigenvalue weighted by Gasteiger charge is -2.09. The van der Waals surface area contributed by atoms with Crippen LogP contribution in [0, 0.1) is 0 Å². The van der Waals surface area contributed by atoms with Gasteiger partial charge >= 0.3 is 5.25 Å². The molecular weight excluding hydrogens is 214 g/mol. The van der Waals surface area contributed by atoms with Crippen molar-refractivity contribution in [3.8, 4) is 0 Å². The van der Waals surface area contributed by atoms with E-state index in [2.05, 4.69) is 0 Å². The Morgan fingerprint density at radius 2 is 1.79 bits per heavy atom. The zero-order valence-electron chi connectivity index (χ0n) is 6.81. The molecule has 0 saturated carbocycles. The molecule has 14 heavy (non-hydrogen) atoms. The van der Waals surface area contributed by atoms with E-state index in [1.807, 2.05) is 0 Å². The van der Waals surface area contributed by atoms with Crippen molar-refractivity contribution in [1.29, 1.82) is 0 Å². The van der Waals surface area contributed by atoms with Crippen LogP contribution < -0.4 is 0 Å². The molecule has 1 N–H and O–H groups in total. The Bertz CT molecular complexity index is 364. The van der Waals surface area contributed by atoms with E-state index in [9.17, 15) is 17.8 Å². The van der Waals surface area contributed by atoms with Crippen LogP contribution in [0.25, 0.3) is 0 Å². The third kappa shape index (κ3) is 2.02. The highest BCUT2D eigenvalue weighted by Gasteiger charge is 2.45. The van der Waals surface area contributed by atoms with Gasteiger partial charge in [-0.05, 0) is 0 Å². The fourth-order valence-corrected chi connectivity index (χ4v) is 1.11. The number of alkyl halides is 2. The fourth-order valence-electron chi connectivity index (χ4n) is 0.837. The summed E-state index contributed by atoms with van der Waals surface area (Å²) in [5, 5.41) is -4.25. The lowest BCUT2D eigenvalue weighted by atomic mass is 10.1. The first kappa shape index (κ1) is 10.9. The number of hydrogen-bond donors (Lipinski definition) is 1. The molecule has 0 saturated heterocycles. The third-order valence-electron chi connectivity index (χ3n) is 1.52. The van der Waals surface area contributed by atoms with Gasteiger partial charge in [-0.25, -0.2) is 4.21 Å². The molecule has 76 valence electrons. The smallest absolute Gasteiger partial charge is 0.301 e. The van der Waals surface area contributed by atoms with Gasteiger partial charge in [-0.3, -0.25) is 4.79 Å². The Hall–Kier alpha value is -1.14. The Labute approximate surface area is 81.0 Å². The molecule has 0 fully saturated rings. The molecule has 0 amide bonds.